The smallest absolute Gasteiger partial charge is 0.402 e. The molecule has 4 heterocycles. The molecule has 196 valence electrons. The number of rotatable bonds is 4. The summed E-state index contributed by atoms with van der Waals surface area (Å²) in [5, 5.41) is 9.35. The van der Waals surface area contributed by atoms with Gasteiger partial charge in [-0.15, -0.1) is 23.4 Å². The molecule has 0 amide bonds. The maximum Gasteiger partial charge on any atom is 0.573 e. The summed E-state index contributed by atoms with van der Waals surface area (Å²) in [5.74, 6) is -1.68. The van der Waals surface area contributed by atoms with Crippen molar-refractivity contribution in [1.82, 2.24) is 24.6 Å². The Kier molecular flexibility index (Phi) is 5.79. The molecule has 6 rings (SSSR count). The molecule has 2 aliphatic heterocycles. The Labute approximate surface area is 213 Å². The highest BCUT2D eigenvalue weighted by Crippen LogP contribution is 2.48. The molecule has 0 spiro atoms. The minimum absolute atomic E-state index is 0.0364. The van der Waals surface area contributed by atoms with Crippen molar-refractivity contribution < 1.29 is 26.7 Å². The highest BCUT2D eigenvalue weighted by Gasteiger charge is 2.60. The SMILES string of the molecule is FC(F)(F)Oc1cccnc1N1CCC(c2nnc3n2-c2ccc(Cl)cc2CN(C2CC2(F)F)C3)CC1. The van der Waals surface area contributed by atoms with Crippen LogP contribution in [0.2, 0.25) is 5.02 Å². The largest absolute Gasteiger partial charge is 0.573 e. The van der Waals surface area contributed by atoms with Gasteiger partial charge in [-0.25, -0.2) is 13.8 Å². The van der Waals surface area contributed by atoms with E-state index in [-0.39, 0.29) is 30.5 Å². The summed E-state index contributed by atoms with van der Waals surface area (Å²) >= 11 is 6.25. The first-order chi connectivity index (χ1) is 17.6. The second kappa shape index (κ2) is 8.80. The number of anilines is 1. The lowest BCUT2D eigenvalue weighted by Crippen LogP contribution is -2.35. The van der Waals surface area contributed by atoms with Gasteiger partial charge in [-0.1, -0.05) is 11.6 Å². The second-order valence-corrected chi connectivity index (χ2v) is 10.0. The van der Waals surface area contributed by atoms with Crippen LogP contribution in [0.3, 0.4) is 0 Å². The topological polar surface area (TPSA) is 59.3 Å². The maximum atomic E-state index is 13.9. The lowest BCUT2D eigenvalue weighted by atomic mass is 9.95. The standard InChI is InChI=1S/C24H22ClF5N6O/c25-16-3-4-17-15(10-16)12-35(19-11-23(19,26)27)13-20-32-33-21(36(17)20)14-5-8-34(9-6-14)22-18(2-1-7-31-22)37-24(28,29)30/h1-4,7,10,14,19H,5-6,8-9,11-13H2. The van der Waals surface area contributed by atoms with E-state index in [1.165, 1.54) is 18.3 Å². The number of piperidine rings is 1. The van der Waals surface area contributed by atoms with Crippen LogP contribution >= 0.6 is 11.6 Å². The van der Waals surface area contributed by atoms with Crippen LogP contribution in [-0.4, -0.2) is 56.1 Å². The van der Waals surface area contributed by atoms with E-state index >= 15 is 0 Å². The third kappa shape index (κ3) is 4.72. The molecule has 1 aliphatic carbocycles. The third-order valence-electron chi connectivity index (χ3n) is 7.13. The van der Waals surface area contributed by atoms with Gasteiger partial charge in [0.25, 0.3) is 5.92 Å². The van der Waals surface area contributed by atoms with Crippen molar-refractivity contribution in [3.05, 3.63) is 58.8 Å². The number of hydrogen-bond acceptors (Lipinski definition) is 6. The van der Waals surface area contributed by atoms with Crippen LogP contribution in [0.1, 0.15) is 42.4 Å². The normalized spacial score (nSPS) is 21.8. The quantitative estimate of drug-likeness (QED) is 0.417. The molecular weight excluding hydrogens is 519 g/mol. The maximum absolute atomic E-state index is 13.9. The van der Waals surface area contributed by atoms with Gasteiger partial charge in [0.1, 0.15) is 5.82 Å². The molecule has 37 heavy (non-hydrogen) atoms. The second-order valence-electron chi connectivity index (χ2n) is 9.60. The number of alkyl halides is 5. The lowest BCUT2D eigenvalue weighted by Gasteiger charge is -2.33. The Morgan fingerprint density at radius 1 is 1.05 bits per heavy atom. The zero-order valence-corrected chi connectivity index (χ0v) is 20.2. The highest BCUT2D eigenvalue weighted by atomic mass is 35.5. The molecule has 13 heteroatoms. The van der Waals surface area contributed by atoms with Crippen molar-refractivity contribution in [3.8, 4) is 11.4 Å². The molecule has 7 nitrogen and oxygen atoms in total. The summed E-state index contributed by atoms with van der Waals surface area (Å²) in [5.41, 5.74) is 1.62. The van der Waals surface area contributed by atoms with E-state index in [2.05, 4.69) is 19.9 Å². The number of halogens is 6. The minimum Gasteiger partial charge on any atom is -0.402 e. The molecule has 0 N–H and O–H groups in total. The molecule has 1 aromatic carbocycles. The van der Waals surface area contributed by atoms with E-state index in [9.17, 15) is 22.0 Å². The van der Waals surface area contributed by atoms with Crippen LogP contribution in [0, 0.1) is 0 Å². The predicted octanol–water partition coefficient (Wildman–Crippen LogP) is 5.32. The fraction of sp³-hybridized carbons (Fsp3) is 0.458. The molecule has 1 saturated heterocycles. The molecule has 3 aliphatic rings. The van der Waals surface area contributed by atoms with Gasteiger partial charge in [0.05, 0.1) is 18.3 Å². The van der Waals surface area contributed by atoms with Crippen LogP contribution in [0.15, 0.2) is 36.5 Å². The number of ether oxygens (including phenoxy) is 1. The molecule has 2 aromatic heterocycles. The fourth-order valence-electron chi connectivity index (χ4n) is 5.30. The van der Waals surface area contributed by atoms with Crippen molar-refractivity contribution in [2.75, 3.05) is 18.0 Å². The van der Waals surface area contributed by atoms with E-state index in [4.69, 9.17) is 11.6 Å². The number of fused-ring (bicyclic) bond motifs is 3. The van der Waals surface area contributed by atoms with E-state index in [0.29, 0.717) is 49.1 Å². The first kappa shape index (κ1) is 24.4. The predicted molar refractivity (Wildman–Crippen MR) is 124 cm³/mol. The van der Waals surface area contributed by atoms with Gasteiger partial charge < -0.3 is 9.64 Å². The number of aromatic nitrogens is 4. The Morgan fingerprint density at radius 2 is 1.81 bits per heavy atom. The number of benzene rings is 1. The summed E-state index contributed by atoms with van der Waals surface area (Å²) < 4.78 is 72.6. The van der Waals surface area contributed by atoms with Gasteiger partial charge in [0.2, 0.25) is 0 Å². The average molecular weight is 541 g/mol. The van der Waals surface area contributed by atoms with Crippen molar-refractivity contribution in [1.29, 1.82) is 0 Å². The molecule has 3 aromatic rings. The summed E-state index contributed by atoms with van der Waals surface area (Å²) in [4.78, 5) is 7.61. The van der Waals surface area contributed by atoms with Crippen molar-refractivity contribution in [2.45, 2.75) is 56.6 Å². The van der Waals surface area contributed by atoms with Gasteiger partial charge in [0.15, 0.2) is 17.4 Å². The first-order valence-electron chi connectivity index (χ1n) is 11.9. The molecule has 0 radical (unpaired) electrons. The molecule has 1 saturated carbocycles. The number of pyridine rings is 1. The van der Waals surface area contributed by atoms with Crippen LogP contribution in [0.5, 0.6) is 5.75 Å². The zero-order chi connectivity index (χ0) is 25.9. The summed E-state index contributed by atoms with van der Waals surface area (Å²) in [6, 6.07) is 7.19. The highest BCUT2D eigenvalue weighted by molar-refractivity contribution is 6.30. The van der Waals surface area contributed by atoms with Crippen molar-refractivity contribution >= 4 is 17.4 Å². The van der Waals surface area contributed by atoms with Crippen LogP contribution in [0.25, 0.3) is 5.69 Å². The van der Waals surface area contributed by atoms with E-state index in [1.807, 2.05) is 10.6 Å². The Hall–Kier alpha value is -2.99. The Bertz CT molecular complexity index is 1320. The molecular formula is C24H22ClF5N6O. The van der Waals surface area contributed by atoms with Crippen LogP contribution < -0.4 is 9.64 Å². The summed E-state index contributed by atoms with van der Waals surface area (Å²) in [6.45, 7) is 1.42. The van der Waals surface area contributed by atoms with Gasteiger partial charge >= 0.3 is 6.36 Å². The molecule has 2 fully saturated rings. The van der Waals surface area contributed by atoms with Crippen LogP contribution in [-0.2, 0) is 13.1 Å². The van der Waals surface area contributed by atoms with E-state index < -0.39 is 18.3 Å². The summed E-state index contributed by atoms with van der Waals surface area (Å²) in [6.07, 6.45) is -2.39. The average Bonchev–Trinajstić information content (AvgIpc) is 3.34. The number of hydrogen-bond donors (Lipinski definition) is 0. The molecule has 0 bridgehead atoms. The van der Waals surface area contributed by atoms with E-state index in [1.54, 1.807) is 21.9 Å². The number of nitrogens with zero attached hydrogens (tertiary/aromatic N) is 6. The fourth-order valence-corrected chi connectivity index (χ4v) is 5.50. The zero-order valence-electron chi connectivity index (χ0n) is 19.4. The lowest BCUT2D eigenvalue weighted by molar-refractivity contribution is -0.274. The van der Waals surface area contributed by atoms with Crippen molar-refractivity contribution in [3.63, 3.8) is 0 Å². The van der Waals surface area contributed by atoms with Gasteiger partial charge in [-0.3, -0.25) is 9.47 Å². The first-order valence-corrected chi connectivity index (χ1v) is 12.3. The van der Waals surface area contributed by atoms with E-state index in [0.717, 1.165) is 11.3 Å². The monoisotopic (exact) mass is 540 g/mol. The third-order valence-corrected chi connectivity index (χ3v) is 7.36. The molecule has 1 atom stereocenters. The minimum atomic E-state index is -4.82. The Balaban J connectivity index is 1.27. The molecule has 1 unspecified atom stereocenters. The van der Waals surface area contributed by atoms with Gasteiger partial charge in [0, 0.05) is 43.2 Å². The van der Waals surface area contributed by atoms with Crippen molar-refractivity contribution in [2.24, 2.45) is 0 Å². The van der Waals surface area contributed by atoms with Gasteiger partial charge in [-0.2, -0.15) is 0 Å². The van der Waals surface area contributed by atoms with Gasteiger partial charge in [-0.05, 0) is 48.7 Å². The van der Waals surface area contributed by atoms with Crippen LogP contribution in [0.4, 0.5) is 27.8 Å². The summed E-state index contributed by atoms with van der Waals surface area (Å²) in [7, 11) is 0. The Morgan fingerprint density at radius 3 is 2.51 bits per heavy atom.